The van der Waals surface area contributed by atoms with Crippen molar-refractivity contribution in [2.75, 3.05) is 57.7 Å². The van der Waals surface area contributed by atoms with Gasteiger partial charge in [-0.1, -0.05) is 17.7 Å². The second kappa shape index (κ2) is 13.4. The summed E-state index contributed by atoms with van der Waals surface area (Å²) >= 11 is 5.96. The number of nitrogens with one attached hydrogen (secondary N) is 2. The van der Waals surface area contributed by atoms with Crippen molar-refractivity contribution in [1.82, 2.24) is 9.88 Å². The third kappa shape index (κ3) is 7.43. The summed E-state index contributed by atoms with van der Waals surface area (Å²) in [6.07, 6.45) is 5.22. The third-order valence-corrected chi connectivity index (χ3v) is 6.37. The first-order chi connectivity index (χ1) is 18.9. The Morgan fingerprint density at radius 2 is 2.23 bits per heavy atom. The number of methoxy groups -OCH3 is 1. The fourth-order valence-corrected chi connectivity index (χ4v) is 4.17. The van der Waals surface area contributed by atoms with Gasteiger partial charge in [0.1, 0.15) is 23.7 Å². The van der Waals surface area contributed by atoms with Crippen LogP contribution in [-0.4, -0.2) is 69.0 Å². The number of amides is 1. The number of ether oxygens (including phenoxy) is 3. The average molecular weight is 554 g/mol. The molecular weight excluding hydrogens is 525 g/mol. The van der Waals surface area contributed by atoms with Gasteiger partial charge in [-0.2, -0.15) is 5.26 Å². The summed E-state index contributed by atoms with van der Waals surface area (Å²) in [5.74, 6) is -0.459. The zero-order chi connectivity index (χ0) is 27.8. The van der Waals surface area contributed by atoms with Gasteiger partial charge in [-0.05, 0) is 31.3 Å². The molecule has 2 N–H and O–H groups in total. The maximum Gasteiger partial charge on any atom is 0.248 e. The summed E-state index contributed by atoms with van der Waals surface area (Å²) in [4.78, 5) is 19.3. The van der Waals surface area contributed by atoms with E-state index in [1.807, 2.05) is 11.9 Å². The van der Waals surface area contributed by atoms with Crippen molar-refractivity contribution >= 4 is 45.5 Å². The number of nitrogens with zero attached hydrogens (tertiary/aromatic N) is 3. The largest absolute Gasteiger partial charge is 0.486 e. The lowest BCUT2D eigenvalue weighted by Crippen LogP contribution is -2.23. The van der Waals surface area contributed by atoms with Gasteiger partial charge in [0.25, 0.3) is 0 Å². The highest BCUT2D eigenvalue weighted by atomic mass is 35.5. The molecule has 1 aromatic heterocycles. The number of aromatic nitrogens is 1. The highest BCUT2D eigenvalue weighted by molar-refractivity contribution is 6.31. The number of rotatable bonds is 11. The second-order valence-corrected chi connectivity index (χ2v) is 9.44. The van der Waals surface area contributed by atoms with Crippen LogP contribution in [0.15, 0.2) is 48.7 Å². The number of nitriles is 1. The molecule has 3 aromatic rings. The van der Waals surface area contributed by atoms with E-state index >= 15 is 0 Å². The van der Waals surface area contributed by atoms with E-state index in [0.29, 0.717) is 60.1 Å². The Labute approximate surface area is 231 Å². The molecule has 0 radical (unpaired) electrons. The molecule has 1 saturated heterocycles. The molecule has 0 aliphatic carbocycles. The molecule has 0 unspecified atom stereocenters. The first-order valence-electron chi connectivity index (χ1n) is 12.4. The zero-order valence-corrected chi connectivity index (χ0v) is 22.4. The quantitative estimate of drug-likeness (QED) is 0.323. The molecule has 1 aliphatic heterocycles. The maximum atomic E-state index is 13.7. The monoisotopic (exact) mass is 553 g/mol. The van der Waals surface area contributed by atoms with Gasteiger partial charge in [-0.15, -0.1) is 0 Å². The van der Waals surface area contributed by atoms with Crippen LogP contribution in [0.3, 0.4) is 0 Å². The summed E-state index contributed by atoms with van der Waals surface area (Å²) in [7, 11) is 3.58. The smallest absolute Gasteiger partial charge is 0.248 e. The number of benzene rings is 2. The predicted octanol–water partition coefficient (Wildman–Crippen LogP) is 4.88. The lowest BCUT2D eigenvalue weighted by Gasteiger charge is -2.18. The van der Waals surface area contributed by atoms with E-state index in [-0.39, 0.29) is 22.6 Å². The number of likely N-dealkylation sites (N-methyl/N-ethyl adjacent to an activating group) is 1. The first-order valence-corrected chi connectivity index (χ1v) is 12.7. The second-order valence-electron chi connectivity index (χ2n) is 9.03. The third-order valence-electron chi connectivity index (χ3n) is 6.08. The fourth-order valence-electron chi connectivity index (χ4n) is 3.99. The molecule has 1 amide bonds. The van der Waals surface area contributed by atoms with Gasteiger partial charge >= 0.3 is 0 Å². The summed E-state index contributed by atoms with van der Waals surface area (Å²) in [5.41, 5.74) is 2.13. The summed E-state index contributed by atoms with van der Waals surface area (Å²) in [6, 6.07) is 9.74. The molecule has 0 bridgehead atoms. The molecule has 1 fully saturated rings. The number of anilines is 3. The standard InChI is InChI=1S/C28H29ClFN5O4/c1-35(9-11-37-2)8-3-4-27(36)34-25-13-21-24(14-26(25)39-20-7-10-38-17-20)32-16-18(15-31)28(21)33-19-5-6-23(30)22(29)12-19/h3-6,12-14,16,20H,7-11,17H2,1-2H3,(H,32,33)(H,34,36)/b4-3+/t20-/m0/s1. The lowest BCUT2D eigenvalue weighted by molar-refractivity contribution is -0.111. The number of hydrogen-bond acceptors (Lipinski definition) is 8. The zero-order valence-electron chi connectivity index (χ0n) is 21.7. The molecule has 11 heteroatoms. The van der Waals surface area contributed by atoms with E-state index in [0.717, 1.165) is 13.0 Å². The van der Waals surface area contributed by atoms with Crippen LogP contribution in [0.4, 0.5) is 21.5 Å². The Hall–Kier alpha value is -3.75. The molecule has 0 spiro atoms. The van der Waals surface area contributed by atoms with E-state index in [9.17, 15) is 14.4 Å². The van der Waals surface area contributed by atoms with Crippen molar-refractivity contribution in [3.63, 3.8) is 0 Å². The topological polar surface area (TPSA) is 109 Å². The number of carbonyl (C=O) groups is 1. The molecule has 1 atom stereocenters. The minimum atomic E-state index is -0.553. The van der Waals surface area contributed by atoms with E-state index in [1.54, 1.807) is 25.3 Å². The van der Waals surface area contributed by atoms with Gasteiger partial charge in [0.15, 0.2) is 0 Å². The van der Waals surface area contributed by atoms with Crippen LogP contribution >= 0.6 is 11.6 Å². The number of pyridine rings is 1. The highest BCUT2D eigenvalue weighted by Crippen LogP contribution is 2.37. The van der Waals surface area contributed by atoms with E-state index in [4.69, 9.17) is 25.8 Å². The van der Waals surface area contributed by atoms with Crippen LogP contribution in [-0.2, 0) is 14.3 Å². The maximum absolute atomic E-state index is 13.7. The van der Waals surface area contributed by atoms with E-state index in [1.165, 1.54) is 30.5 Å². The minimum absolute atomic E-state index is 0.0565. The van der Waals surface area contributed by atoms with Crippen LogP contribution in [0.2, 0.25) is 5.02 Å². The van der Waals surface area contributed by atoms with Crippen molar-refractivity contribution in [2.24, 2.45) is 0 Å². The van der Waals surface area contributed by atoms with Crippen LogP contribution in [0.25, 0.3) is 10.9 Å². The van der Waals surface area contributed by atoms with E-state index in [2.05, 4.69) is 21.7 Å². The van der Waals surface area contributed by atoms with Gasteiger partial charge < -0.3 is 29.7 Å². The lowest BCUT2D eigenvalue weighted by atomic mass is 10.1. The van der Waals surface area contributed by atoms with E-state index < -0.39 is 5.82 Å². The van der Waals surface area contributed by atoms with Crippen LogP contribution in [0, 0.1) is 17.1 Å². The predicted molar refractivity (Wildman–Crippen MR) is 148 cm³/mol. The molecule has 2 aromatic carbocycles. The van der Waals surface area contributed by atoms with Crippen molar-refractivity contribution in [1.29, 1.82) is 5.26 Å². The Morgan fingerprint density at radius 3 is 2.95 bits per heavy atom. The molecule has 39 heavy (non-hydrogen) atoms. The Kier molecular flexibility index (Phi) is 9.68. The van der Waals surface area contributed by atoms with Crippen molar-refractivity contribution in [3.05, 3.63) is 65.1 Å². The van der Waals surface area contributed by atoms with Crippen LogP contribution in [0.5, 0.6) is 5.75 Å². The van der Waals surface area contributed by atoms with Gasteiger partial charge in [-0.25, -0.2) is 4.39 Å². The van der Waals surface area contributed by atoms with Crippen LogP contribution in [0.1, 0.15) is 12.0 Å². The fraction of sp³-hybridized carbons (Fsp3) is 0.321. The number of fused-ring (bicyclic) bond motifs is 1. The Bertz CT molecular complexity index is 1400. The molecule has 0 saturated carbocycles. The van der Waals surface area contributed by atoms with Crippen molar-refractivity contribution < 1.29 is 23.4 Å². The Balaban J connectivity index is 1.68. The summed E-state index contributed by atoms with van der Waals surface area (Å²) in [5, 5.41) is 16.3. The SMILES string of the molecule is COCCN(C)C/C=C/C(=O)Nc1cc2c(Nc3ccc(F)c(Cl)c3)c(C#N)cnc2cc1O[C@H]1CCOC1. The van der Waals surface area contributed by atoms with Gasteiger partial charge in [0.05, 0.1) is 47.3 Å². The highest BCUT2D eigenvalue weighted by Gasteiger charge is 2.21. The molecule has 2 heterocycles. The molecular formula is C28H29ClFN5O4. The van der Waals surface area contributed by atoms with Crippen molar-refractivity contribution in [3.8, 4) is 11.8 Å². The summed E-state index contributed by atoms with van der Waals surface area (Å²) < 4.78 is 30.4. The Morgan fingerprint density at radius 1 is 1.38 bits per heavy atom. The number of carbonyl (C=O) groups excluding carboxylic acids is 1. The number of halogens is 2. The van der Waals surface area contributed by atoms with Gasteiger partial charge in [0, 0.05) is 56.0 Å². The van der Waals surface area contributed by atoms with Gasteiger partial charge in [-0.3, -0.25) is 9.78 Å². The normalized spacial score (nSPS) is 15.1. The van der Waals surface area contributed by atoms with Gasteiger partial charge in [0.2, 0.25) is 5.91 Å². The minimum Gasteiger partial charge on any atom is -0.486 e. The van der Waals surface area contributed by atoms with Crippen LogP contribution < -0.4 is 15.4 Å². The molecule has 1 aliphatic rings. The molecule has 204 valence electrons. The summed E-state index contributed by atoms with van der Waals surface area (Å²) in [6.45, 7) is 2.94. The average Bonchev–Trinajstić information content (AvgIpc) is 3.43. The first kappa shape index (κ1) is 28.3. The molecule has 4 rings (SSSR count). The molecule has 9 nitrogen and oxygen atoms in total. The number of hydrogen-bond donors (Lipinski definition) is 2. The van der Waals surface area contributed by atoms with Crippen molar-refractivity contribution in [2.45, 2.75) is 12.5 Å².